The van der Waals surface area contributed by atoms with E-state index >= 15 is 0 Å². The monoisotopic (exact) mass is 375 g/mol. The van der Waals surface area contributed by atoms with Crippen LogP contribution in [0.5, 0.6) is 0 Å². The second-order valence-electron chi connectivity index (χ2n) is 5.07. The largest absolute Gasteiger partial charge is 0.347 e. The summed E-state index contributed by atoms with van der Waals surface area (Å²) < 4.78 is 0. The lowest BCUT2D eigenvalue weighted by Gasteiger charge is -2.30. The van der Waals surface area contributed by atoms with Gasteiger partial charge in [0.25, 0.3) is 5.91 Å². The van der Waals surface area contributed by atoms with Crippen molar-refractivity contribution in [3.8, 4) is 10.8 Å². The Kier molecular flexibility index (Phi) is 7.84. The molecule has 2 unspecified atom stereocenters. The number of rotatable bonds is 3. The van der Waals surface area contributed by atoms with Crippen LogP contribution in [0.3, 0.4) is 0 Å². The third-order valence-electron chi connectivity index (χ3n) is 3.56. The third-order valence-corrected chi connectivity index (χ3v) is 4.56. The lowest BCUT2D eigenvalue weighted by molar-refractivity contribution is 0.0924. The van der Waals surface area contributed by atoms with E-state index in [4.69, 9.17) is 0 Å². The Morgan fingerprint density at radius 3 is 2.74 bits per heavy atom. The van der Waals surface area contributed by atoms with Crippen molar-refractivity contribution in [2.24, 2.45) is 0 Å². The smallest absolute Gasteiger partial charge is 0.263 e. The van der Waals surface area contributed by atoms with Crippen molar-refractivity contribution in [1.29, 1.82) is 0 Å². The highest BCUT2D eigenvalue weighted by Gasteiger charge is 2.23. The van der Waals surface area contributed by atoms with Gasteiger partial charge in [-0.25, -0.2) is 15.0 Å². The van der Waals surface area contributed by atoms with Crippen LogP contribution in [0.1, 0.15) is 29.4 Å². The Balaban J connectivity index is 0.00000132. The van der Waals surface area contributed by atoms with Crippen LogP contribution in [-0.2, 0) is 0 Å². The molecular weight excluding hydrogens is 357 g/mol. The molecule has 0 spiro atoms. The average Bonchev–Trinajstić information content (AvgIpc) is 3.00. The molecule has 0 aliphatic carbocycles. The summed E-state index contributed by atoms with van der Waals surface area (Å²) in [6.45, 7) is 3.11. The summed E-state index contributed by atoms with van der Waals surface area (Å²) in [7, 11) is 0. The number of nitrogens with zero attached hydrogens (tertiary/aromatic N) is 3. The Bertz CT molecular complexity index is 625. The number of carbonyl (C=O) groups excluding carboxylic acids is 1. The van der Waals surface area contributed by atoms with Gasteiger partial charge in [-0.2, -0.15) is 0 Å². The molecule has 2 aromatic heterocycles. The third kappa shape index (κ3) is 4.84. The maximum atomic E-state index is 12.3. The maximum absolute atomic E-state index is 12.3. The van der Waals surface area contributed by atoms with Gasteiger partial charge in [-0.05, 0) is 32.4 Å². The predicted octanol–water partition coefficient (Wildman–Crippen LogP) is 2.31. The number of aromatic nitrogens is 3. The van der Waals surface area contributed by atoms with Crippen molar-refractivity contribution < 1.29 is 4.79 Å². The van der Waals surface area contributed by atoms with E-state index in [1.807, 2.05) is 0 Å². The van der Waals surface area contributed by atoms with E-state index < -0.39 is 0 Å². The van der Waals surface area contributed by atoms with Crippen molar-refractivity contribution in [2.45, 2.75) is 31.8 Å². The molecule has 6 nitrogen and oxygen atoms in total. The first-order valence-corrected chi connectivity index (χ1v) is 7.83. The number of amides is 1. The Morgan fingerprint density at radius 2 is 2.04 bits per heavy atom. The molecule has 1 aliphatic heterocycles. The van der Waals surface area contributed by atoms with Gasteiger partial charge in [0, 0.05) is 24.5 Å². The zero-order valence-electron chi connectivity index (χ0n) is 12.6. The van der Waals surface area contributed by atoms with Gasteiger partial charge in [-0.1, -0.05) is 0 Å². The van der Waals surface area contributed by atoms with E-state index in [1.54, 1.807) is 24.7 Å². The van der Waals surface area contributed by atoms with Crippen LogP contribution in [0.15, 0.2) is 24.7 Å². The van der Waals surface area contributed by atoms with Crippen LogP contribution >= 0.6 is 36.2 Å². The molecule has 1 amide bonds. The van der Waals surface area contributed by atoms with Gasteiger partial charge >= 0.3 is 0 Å². The first kappa shape index (κ1) is 19.8. The molecule has 0 saturated carbocycles. The van der Waals surface area contributed by atoms with Crippen molar-refractivity contribution in [1.82, 2.24) is 25.6 Å². The van der Waals surface area contributed by atoms with Gasteiger partial charge < -0.3 is 10.6 Å². The fourth-order valence-corrected chi connectivity index (χ4v) is 3.14. The first-order chi connectivity index (χ1) is 10.2. The number of thiazole rings is 1. The minimum absolute atomic E-state index is 0. The highest BCUT2D eigenvalue weighted by molar-refractivity contribution is 7.16. The Labute approximate surface area is 151 Å². The van der Waals surface area contributed by atoms with Crippen LogP contribution in [0.25, 0.3) is 10.8 Å². The van der Waals surface area contributed by atoms with E-state index in [-0.39, 0.29) is 36.8 Å². The van der Waals surface area contributed by atoms with E-state index in [2.05, 4.69) is 32.5 Å². The lowest BCUT2D eigenvalue weighted by atomic mass is 10.00. The number of hydrogen-bond acceptors (Lipinski definition) is 6. The van der Waals surface area contributed by atoms with Gasteiger partial charge in [0.2, 0.25) is 0 Å². The van der Waals surface area contributed by atoms with E-state index in [0.717, 1.165) is 19.4 Å². The average molecular weight is 376 g/mol. The Morgan fingerprint density at radius 1 is 1.30 bits per heavy atom. The van der Waals surface area contributed by atoms with Crippen molar-refractivity contribution in [3.63, 3.8) is 0 Å². The molecule has 126 valence electrons. The summed E-state index contributed by atoms with van der Waals surface area (Å²) >= 11 is 1.32. The van der Waals surface area contributed by atoms with Crippen LogP contribution < -0.4 is 10.6 Å². The summed E-state index contributed by atoms with van der Waals surface area (Å²) in [6, 6.07) is 2.22. The minimum Gasteiger partial charge on any atom is -0.347 e. The van der Waals surface area contributed by atoms with Crippen LogP contribution in [0.2, 0.25) is 0 Å². The van der Waals surface area contributed by atoms with E-state index in [1.165, 1.54) is 11.3 Å². The summed E-state index contributed by atoms with van der Waals surface area (Å²) in [5.74, 6) is 0.476. The Hall–Kier alpha value is -1.28. The van der Waals surface area contributed by atoms with Crippen LogP contribution in [0, 0.1) is 0 Å². The van der Waals surface area contributed by atoms with Crippen molar-refractivity contribution >= 4 is 42.1 Å². The number of nitrogens with one attached hydrogen (secondary N) is 2. The second-order valence-corrected chi connectivity index (χ2v) is 6.10. The van der Waals surface area contributed by atoms with Crippen molar-refractivity contribution in [3.05, 3.63) is 29.5 Å². The molecule has 1 saturated heterocycles. The molecule has 9 heteroatoms. The zero-order chi connectivity index (χ0) is 14.7. The molecule has 23 heavy (non-hydrogen) atoms. The second kappa shape index (κ2) is 9.12. The topological polar surface area (TPSA) is 79.8 Å². The zero-order valence-corrected chi connectivity index (χ0v) is 15.0. The van der Waals surface area contributed by atoms with Gasteiger partial charge in [0.05, 0.1) is 6.20 Å². The number of hydrogen-bond donors (Lipinski definition) is 2. The SMILES string of the molecule is CC1NCCCC1NC(=O)c1cnc(-c2ncccn2)s1.Cl.Cl. The van der Waals surface area contributed by atoms with E-state index in [0.29, 0.717) is 21.8 Å². The van der Waals surface area contributed by atoms with Gasteiger partial charge in [0.1, 0.15) is 4.88 Å². The fourth-order valence-electron chi connectivity index (χ4n) is 2.37. The van der Waals surface area contributed by atoms with Crippen molar-refractivity contribution in [2.75, 3.05) is 6.54 Å². The molecule has 0 radical (unpaired) electrons. The van der Waals surface area contributed by atoms with Crippen LogP contribution in [0.4, 0.5) is 0 Å². The van der Waals surface area contributed by atoms with Gasteiger partial charge in [-0.15, -0.1) is 36.2 Å². The first-order valence-electron chi connectivity index (χ1n) is 7.01. The van der Waals surface area contributed by atoms with Crippen LogP contribution in [-0.4, -0.2) is 39.5 Å². The highest BCUT2D eigenvalue weighted by Crippen LogP contribution is 2.21. The summed E-state index contributed by atoms with van der Waals surface area (Å²) in [5, 5.41) is 7.11. The standard InChI is InChI=1S/C14H17N5OS.2ClH/c1-9-10(4-2-5-15-9)19-13(20)11-8-18-14(21-11)12-16-6-3-7-17-12;;/h3,6-10,15H,2,4-5H2,1H3,(H,19,20);2*1H. The quantitative estimate of drug-likeness (QED) is 0.860. The van der Waals surface area contributed by atoms with E-state index in [9.17, 15) is 4.79 Å². The number of carbonyl (C=O) groups is 1. The normalized spacial score (nSPS) is 20.0. The lowest BCUT2D eigenvalue weighted by Crippen LogP contribution is -2.51. The van der Waals surface area contributed by atoms with Gasteiger partial charge in [-0.3, -0.25) is 4.79 Å². The molecule has 3 rings (SSSR count). The highest BCUT2D eigenvalue weighted by atomic mass is 35.5. The predicted molar refractivity (Wildman–Crippen MR) is 95.6 cm³/mol. The maximum Gasteiger partial charge on any atom is 0.263 e. The molecule has 2 aromatic rings. The molecule has 1 aliphatic rings. The molecule has 2 N–H and O–H groups in total. The number of halogens is 2. The molecular formula is C14H19Cl2N5OS. The summed E-state index contributed by atoms with van der Waals surface area (Å²) in [6.07, 6.45) is 7.01. The fraction of sp³-hybridized carbons (Fsp3) is 0.429. The molecule has 0 bridgehead atoms. The molecule has 3 heterocycles. The number of piperidine rings is 1. The molecule has 0 aromatic carbocycles. The minimum atomic E-state index is -0.0739. The van der Waals surface area contributed by atoms with Gasteiger partial charge in [0.15, 0.2) is 10.8 Å². The summed E-state index contributed by atoms with van der Waals surface area (Å²) in [5.41, 5.74) is 0. The molecule has 2 atom stereocenters. The molecule has 1 fully saturated rings. The summed E-state index contributed by atoms with van der Waals surface area (Å²) in [4.78, 5) is 25.4.